The molecule has 88 valence electrons. The van der Waals surface area contributed by atoms with Crippen LogP contribution in [0.1, 0.15) is 12.5 Å². The van der Waals surface area contributed by atoms with Gasteiger partial charge in [-0.1, -0.05) is 52.3 Å². The molecule has 0 aliphatic carbocycles. The minimum Gasteiger partial charge on any atom is -0.393 e. The normalized spacial score (nSPS) is 12.4. The minimum absolute atomic E-state index is 0.284. The molecular formula is C15H15BrO. The second kappa shape index (κ2) is 5.48. The van der Waals surface area contributed by atoms with Gasteiger partial charge in [0.25, 0.3) is 0 Å². The zero-order valence-corrected chi connectivity index (χ0v) is 11.3. The van der Waals surface area contributed by atoms with Crippen molar-refractivity contribution in [2.24, 2.45) is 0 Å². The van der Waals surface area contributed by atoms with Crippen LogP contribution in [-0.2, 0) is 6.42 Å². The topological polar surface area (TPSA) is 20.2 Å². The first kappa shape index (κ1) is 12.3. The van der Waals surface area contributed by atoms with E-state index in [1.165, 1.54) is 16.7 Å². The van der Waals surface area contributed by atoms with Crippen LogP contribution in [0, 0.1) is 0 Å². The lowest BCUT2D eigenvalue weighted by molar-refractivity contribution is 0.195. The summed E-state index contributed by atoms with van der Waals surface area (Å²) < 4.78 is 1.09. The summed E-state index contributed by atoms with van der Waals surface area (Å²) in [6.45, 7) is 1.81. The van der Waals surface area contributed by atoms with Gasteiger partial charge < -0.3 is 5.11 Å². The molecule has 1 N–H and O–H groups in total. The second-order valence-corrected chi connectivity index (χ2v) is 5.17. The van der Waals surface area contributed by atoms with Crippen molar-refractivity contribution in [3.63, 3.8) is 0 Å². The van der Waals surface area contributed by atoms with E-state index in [0.29, 0.717) is 6.42 Å². The van der Waals surface area contributed by atoms with E-state index >= 15 is 0 Å². The first-order valence-corrected chi connectivity index (χ1v) is 6.47. The Hall–Kier alpha value is -1.12. The molecule has 0 fully saturated rings. The Morgan fingerprint density at radius 2 is 1.41 bits per heavy atom. The predicted octanol–water partition coefficient (Wildman–Crippen LogP) is 4.04. The highest BCUT2D eigenvalue weighted by Gasteiger charge is 2.00. The average Bonchev–Trinajstić information content (AvgIpc) is 2.30. The van der Waals surface area contributed by atoms with Gasteiger partial charge in [-0.05, 0) is 42.2 Å². The molecule has 0 spiro atoms. The van der Waals surface area contributed by atoms with Crippen LogP contribution >= 0.6 is 15.9 Å². The third-order valence-electron chi connectivity index (χ3n) is 2.66. The predicted molar refractivity (Wildman–Crippen MR) is 75.0 cm³/mol. The fourth-order valence-electron chi connectivity index (χ4n) is 1.82. The van der Waals surface area contributed by atoms with E-state index in [0.717, 1.165) is 4.47 Å². The van der Waals surface area contributed by atoms with Crippen molar-refractivity contribution in [1.29, 1.82) is 0 Å². The van der Waals surface area contributed by atoms with E-state index < -0.39 is 0 Å². The molecule has 0 bridgehead atoms. The van der Waals surface area contributed by atoms with Crippen LogP contribution in [-0.4, -0.2) is 11.2 Å². The van der Waals surface area contributed by atoms with Crippen LogP contribution in [0.5, 0.6) is 0 Å². The SMILES string of the molecule is C[C@H](O)Cc1ccc(-c2ccc(Br)cc2)cc1. The molecule has 2 heteroatoms. The van der Waals surface area contributed by atoms with Crippen molar-refractivity contribution in [1.82, 2.24) is 0 Å². The Bertz CT molecular complexity index is 471. The van der Waals surface area contributed by atoms with E-state index in [9.17, 15) is 5.11 Å². The molecule has 0 saturated carbocycles. The van der Waals surface area contributed by atoms with Gasteiger partial charge >= 0.3 is 0 Å². The lowest BCUT2D eigenvalue weighted by Gasteiger charge is -2.06. The molecule has 2 aromatic rings. The number of rotatable bonds is 3. The van der Waals surface area contributed by atoms with Gasteiger partial charge in [0.15, 0.2) is 0 Å². The Labute approximate surface area is 110 Å². The van der Waals surface area contributed by atoms with Crippen molar-refractivity contribution >= 4 is 15.9 Å². The van der Waals surface area contributed by atoms with Gasteiger partial charge in [-0.2, -0.15) is 0 Å². The van der Waals surface area contributed by atoms with Crippen LogP contribution in [0.15, 0.2) is 53.0 Å². The first-order chi connectivity index (χ1) is 8.15. The summed E-state index contributed by atoms with van der Waals surface area (Å²) in [6, 6.07) is 16.6. The van der Waals surface area contributed by atoms with Gasteiger partial charge in [-0.25, -0.2) is 0 Å². The monoisotopic (exact) mass is 290 g/mol. The van der Waals surface area contributed by atoms with Gasteiger partial charge in [0.2, 0.25) is 0 Å². The number of aliphatic hydroxyl groups is 1. The summed E-state index contributed by atoms with van der Waals surface area (Å²) in [7, 11) is 0. The summed E-state index contributed by atoms with van der Waals surface area (Å²) in [4.78, 5) is 0. The second-order valence-electron chi connectivity index (χ2n) is 4.26. The summed E-state index contributed by atoms with van der Waals surface area (Å²) in [6.07, 6.45) is 0.425. The average molecular weight is 291 g/mol. The molecular weight excluding hydrogens is 276 g/mol. The molecule has 0 amide bonds. The lowest BCUT2D eigenvalue weighted by atomic mass is 10.0. The van der Waals surface area contributed by atoms with Crippen LogP contribution < -0.4 is 0 Å². The van der Waals surface area contributed by atoms with Crippen molar-refractivity contribution in [3.05, 3.63) is 58.6 Å². The van der Waals surface area contributed by atoms with Gasteiger partial charge in [-0.3, -0.25) is 0 Å². The molecule has 0 unspecified atom stereocenters. The van der Waals surface area contributed by atoms with Crippen LogP contribution in [0.4, 0.5) is 0 Å². The highest BCUT2D eigenvalue weighted by Crippen LogP contribution is 2.22. The minimum atomic E-state index is -0.284. The van der Waals surface area contributed by atoms with E-state index in [-0.39, 0.29) is 6.10 Å². The van der Waals surface area contributed by atoms with Crippen LogP contribution in [0.2, 0.25) is 0 Å². The van der Waals surface area contributed by atoms with E-state index in [1.807, 2.05) is 19.1 Å². The molecule has 0 saturated heterocycles. The summed E-state index contributed by atoms with van der Waals surface area (Å²) in [5.74, 6) is 0. The molecule has 1 nitrogen and oxygen atoms in total. The molecule has 0 aromatic heterocycles. The largest absolute Gasteiger partial charge is 0.393 e. The van der Waals surface area contributed by atoms with E-state index in [4.69, 9.17) is 0 Å². The molecule has 0 heterocycles. The smallest absolute Gasteiger partial charge is 0.0552 e. The van der Waals surface area contributed by atoms with Gasteiger partial charge in [0, 0.05) is 4.47 Å². The maximum Gasteiger partial charge on any atom is 0.0552 e. The summed E-state index contributed by atoms with van der Waals surface area (Å²) in [5, 5.41) is 9.32. The summed E-state index contributed by atoms with van der Waals surface area (Å²) >= 11 is 3.43. The van der Waals surface area contributed by atoms with Crippen molar-refractivity contribution < 1.29 is 5.11 Å². The number of hydrogen-bond donors (Lipinski definition) is 1. The molecule has 2 rings (SSSR count). The lowest BCUT2D eigenvalue weighted by Crippen LogP contribution is -2.03. The molecule has 0 aliphatic rings. The maximum absolute atomic E-state index is 9.32. The Morgan fingerprint density at radius 1 is 0.941 bits per heavy atom. The first-order valence-electron chi connectivity index (χ1n) is 5.68. The fourth-order valence-corrected chi connectivity index (χ4v) is 2.08. The van der Waals surface area contributed by atoms with Crippen molar-refractivity contribution in [2.75, 3.05) is 0 Å². The molecule has 17 heavy (non-hydrogen) atoms. The molecule has 0 radical (unpaired) electrons. The Balaban J connectivity index is 2.20. The van der Waals surface area contributed by atoms with Gasteiger partial charge in [-0.15, -0.1) is 0 Å². The number of hydrogen-bond acceptors (Lipinski definition) is 1. The van der Waals surface area contributed by atoms with E-state index in [1.54, 1.807) is 0 Å². The summed E-state index contributed by atoms with van der Waals surface area (Å²) in [5.41, 5.74) is 3.57. The number of halogens is 1. The molecule has 2 aromatic carbocycles. The zero-order chi connectivity index (χ0) is 12.3. The Kier molecular flexibility index (Phi) is 3.97. The van der Waals surface area contributed by atoms with Gasteiger partial charge in [0.1, 0.15) is 0 Å². The molecule has 1 atom stereocenters. The highest BCUT2D eigenvalue weighted by atomic mass is 79.9. The highest BCUT2D eigenvalue weighted by molar-refractivity contribution is 9.10. The van der Waals surface area contributed by atoms with Crippen LogP contribution in [0.25, 0.3) is 11.1 Å². The number of benzene rings is 2. The third kappa shape index (κ3) is 3.42. The standard InChI is InChI=1S/C15H15BrO/c1-11(17)10-12-2-4-13(5-3-12)14-6-8-15(16)9-7-14/h2-9,11,17H,10H2,1H3/t11-/m0/s1. The fraction of sp³-hybridized carbons (Fsp3) is 0.200. The van der Waals surface area contributed by atoms with Crippen LogP contribution in [0.3, 0.4) is 0 Å². The zero-order valence-electron chi connectivity index (χ0n) is 9.73. The quantitative estimate of drug-likeness (QED) is 0.905. The Morgan fingerprint density at radius 3 is 1.88 bits per heavy atom. The third-order valence-corrected chi connectivity index (χ3v) is 3.19. The molecule has 0 aliphatic heterocycles. The van der Waals surface area contributed by atoms with Crippen molar-refractivity contribution in [2.45, 2.75) is 19.4 Å². The van der Waals surface area contributed by atoms with E-state index in [2.05, 4.69) is 52.3 Å². The van der Waals surface area contributed by atoms with Crippen molar-refractivity contribution in [3.8, 4) is 11.1 Å². The number of aliphatic hydroxyl groups excluding tert-OH is 1. The maximum atomic E-state index is 9.32. The van der Waals surface area contributed by atoms with Gasteiger partial charge in [0.05, 0.1) is 6.10 Å².